The van der Waals surface area contributed by atoms with Crippen molar-refractivity contribution in [2.75, 3.05) is 7.11 Å². The van der Waals surface area contributed by atoms with Crippen LogP contribution in [-0.2, 0) is 6.42 Å². The summed E-state index contributed by atoms with van der Waals surface area (Å²) in [5.41, 5.74) is 6.30. The van der Waals surface area contributed by atoms with Gasteiger partial charge in [-0.05, 0) is 65.4 Å². The quantitative estimate of drug-likeness (QED) is 0.465. The number of benzene rings is 3. The highest BCUT2D eigenvalue weighted by molar-refractivity contribution is 7.07. The summed E-state index contributed by atoms with van der Waals surface area (Å²) in [5, 5.41) is 9.18. The summed E-state index contributed by atoms with van der Waals surface area (Å²) in [6.45, 7) is 0. The molecule has 0 saturated carbocycles. The fraction of sp³-hybridized carbons (Fsp3) is 0.138. The molecule has 1 atom stereocenters. The molecular formula is C29H22N2O4S. The number of ether oxygens (including phenoxy) is 1. The summed E-state index contributed by atoms with van der Waals surface area (Å²) in [5.74, 6) is -0.242. The Morgan fingerprint density at radius 1 is 1.08 bits per heavy atom. The smallest absolute Gasteiger partial charge is 0.335 e. The summed E-state index contributed by atoms with van der Waals surface area (Å²) in [7, 11) is 1.64. The van der Waals surface area contributed by atoms with E-state index in [0.717, 1.165) is 46.6 Å². The molecule has 1 aliphatic heterocycles. The minimum Gasteiger partial charge on any atom is -0.497 e. The number of thiazole rings is 1. The lowest BCUT2D eigenvalue weighted by molar-refractivity contribution is 0.0697. The molecule has 0 spiro atoms. The zero-order valence-electron chi connectivity index (χ0n) is 19.5. The van der Waals surface area contributed by atoms with Crippen molar-refractivity contribution in [1.29, 1.82) is 0 Å². The van der Waals surface area contributed by atoms with Gasteiger partial charge < -0.3 is 9.84 Å². The highest BCUT2D eigenvalue weighted by atomic mass is 32.1. The number of hydrogen-bond donors (Lipinski definition) is 1. The van der Waals surface area contributed by atoms with Crippen LogP contribution in [0.15, 0.2) is 88.2 Å². The first-order chi connectivity index (χ1) is 17.5. The molecule has 6 rings (SSSR count). The molecule has 2 heterocycles. The van der Waals surface area contributed by atoms with Crippen LogP contribution in [0.2, 0.25) is 0 Å². The second-order valence-electron chi connectivity index (χ2n) is 8.82. The zero-order valence-corrected chi connectivity index (χ0v) is 20.3. The Morgan fingerprint density at radius 3 is 2.67 bits per heavy atom. The van der Waals surface area contributed by atoms with Gasteiger partial charge in [-0.15, -0.1) is 0 Å². The second kappa shape index (κ2) is 8.77. The summed E-state index contributed by atoms with van der Waals surface area (Å²) < 4.78 is 7.84. The van der Waals surface area contributed by atoms with E-state index in [9.17, 15) is 14.7 Å². The van der Waals surface area contributed by atoms with Gasteiger partial charge in [0.25, 0.3) is 5.56 Å². The summed E-state index contributed by atoms with van der Waals surface area (Å²) in [4.78, 5) is 30.7. The highest BCUT2D eigenvalue weighted by Gasteiger charge is 2.32. The first kappa shape index (κ1) is 22.2. The van der Waals surface area contributed by atoms with Crippen molar-refractivity contribution in [2.24, 2.45) is 4.99 Å². The van der Waals surface area contributed by atoms with E-state index in [1.165, 1.54) is 16.9 Å². The number of aromatic carboxylic acids is 1. The Hall–Kier alpha value is -4.23. The Balaban J connectivity index is 1.58. The number of methoxy groups -OCH3 is 1. The number of carboxylic acids is 1. The van der Waals surface area contributed by atoms with Crippen molar-refractivity contribution in [3.63, 3.8) is 0 Å². The number of aryl methyl sites for hydroxylation is 1. The molecule has 1 N–H and O–H groups in total. The lowest BCUT2D eigenvalue weighted by Crippen LogP contribution is -2.38. The van der Waals surface area contributed by atoms with Crippen molar-refractivity contribution in [3.8, 4) is 5.75 Å². The largest absolute Gasteiger partial charge is 0.497 e. The third-order valence-electron chi connectivity index (χ3n) is 6.74. The molecule has 3 aromatic carbocycles. The number of carbonyl (C=O) groups is 1. The molecule has 0 amide bonds. The molecule has 7 heteroatoms. The van der Waals surface area contributed by atoms with E-state index in [1.54, 1.807) is 42.0 Å². The first-order valence-corrected chi connectivity index (χ1v) is 12.5. The first-order valence-electron chi connectivity index (χ1n) is 11.6. The average Bonchev–Trinajstić information content (AvgIpc) is 3.22. The number of rotatable bonds is 4. The van der Waals surface area contributed by atoms with E-state index < -0.39 is 5.97 Å². The van der Waals surface area contributed by atoms with Gasteiger partial charge in [0, 0.05) is 5.56 Å². The van der Waals surface area contributed by atoms with E-state index in [1.807, 2.05) is 30.3 Å². The molecule has 4 aromatic rings. The average molecular weight is 495 g/mol. The van der Waals surface area contributed by atoms with E-state index in [2.05, 4.69) is 18.2 Å². The third-order valence-corrected chi connectivity index (χ3v) is 7.72. The molecule has 0 fully saturated rings. The fourth-order valence-corrected chi connectivity index (χ4v) is 6.01. The molecule has 178 valence electrons. The SMILES string of the molecule is COc1cccc([C@H]2C3=C(N=c4s/c(=C\c5ccc(C(=O)O)cc5)c(=O)n42)c2ccccc2CC3)c1. The number of aromatic nitrogens is 1. The van der Waals surface area contributed by atoms with Crippen LogP contribution in [0.5, 0.6) is 5.75 Å². The highest BCUT2D eigenvalue weighted by Crippen LogP contribution is 2.41. The number of hydrogen-bond acceptors (Lipinski definition) is 5. The standard InChI is InChI=1S/C29H22N2O4S/c1-35-21-7-4-6-20(16-21)26-23-14-13-18-5-2-3-8-22(18)25(23)30-29-31(26)27(32)24(36-29)15-17-9-11-19(12-10-17)28(33)34/h2-12,15-16,26H,13-14H2,1H3,(H,33,34)/b24-15-/t26-/m0/s1. The maximum atomic E-state index is 13.8. The molecule has 1 aromatic heterocycles. The van der Waals surface area contributed by atoms with Crippen LogP contribution in [0.1, 0.15) is 45.1 Å². The van der Waals surface area contributed by atoms with Crippen molar-refractivity contribution >= 4 is 29.1 Å². The van der Waals surface area contributed by atoms with Crippen LogP contribution in [-0.4, -0.2) is 22.8 Å². The number of fused-ring (bicyclic) bond motifs is 3. The van der Waals surface area contributed by atoms with Crippen LogP contribution in [0.4, 0.5) is 0 Å². The lowest BCUT2D eigenvalue weighted by atomic mass is 9.83. The van der Waals surface area contributed by atoms with E-state index >= 15 is 0 Å². The predicted molar refractivity (Wildman–Crippen MR) is 139 cm³/mol. The van der Waals surface area contributed by atoms with Crippen LogP contribution in [0.3, 0.4) is 0 Å². The minimum atomic E-state index is -0.981. The van der Waals surface area contributed by atoms with Crippen LogP contribution in [0.25, 0.3) is 11.8 Å². The van der Waals surface area contributed by atoms with Gasteiger partial charge in [-0.1, -0.05) is 59.9 Å². The van der Waals surface area contributed by atoms with Crippen LogP contribution >= 0.6 is 11.3 Å². The van der Waals surface area contributed by atoms with Gasteiger partial charge in [0.05, 0.1) is 28.9 Å². The molecule has 2 aliphatic rings. The molecule has 0 saturated heterocycles. The van der Waals surface area contributed by atoms with Crippen molar-refractivity contribution in [1.82, 2.24) is 4.57 Å². The third kappa shape index (κ3) is 3.69. The van der Waals surface area contributed by atoms with Crippen LogP contribution < -0.4 is 19.6 Å². The van der Waals surface area contributed by atoms with Crippen molar-refractivity contribution in [2.45, 2.75) is 18.9 Å². The van der Waals surface area contributed by atoms with Gasteiger partial charge in [-0.3, -0.25) is 9.36 Å². The maximum Gasteiger partial charge on any atom is 0.335 e. The fourth-order valence-electron chi connectivity index (χ4n) is 5.01. The Morgan fingerprint density at radius 2 is 1.89 bits per heavy atom. The van der Waals surface area contributed by atoms with E-state index in [0.29, 0.717) is 9.33 Å². The molecule has 36 heavy (non-hydrogen) atoms. The van der Waals surface area contributed by atoms with Gasteiger partial charge >= 0.3 is 5.97 Å². The molecular weight excluding hydrogens is 472 g/mol. The van der Waals surface area contributed by atoms with Gasteiger partial charge in [0.2, 0.25) is 0 Å². The number of allylic oxidation sites excluding steroid dienone is 1. The van der Waals surface area contributed by atoms with Gasteiger partial charge in [-0.25, -0.2) is 9.79 Å². The Bertz CT molecular complexity index is 1730. The van der Waals surface area contributed by atoms with Crippen LogP contribution in [0, 0.1) is 0 Å². The van der Waals surface area contributed by atoms with Crippen molar-refractivity contribution in [3.05, 3.63) is 126 Å². The molecule has 0 bridgehead atoms. The lowest BCUT2D eigenvalue weighted by Gasteiger charge is -2.31. The maximum absolute atomic E-state index is 13.8. The van der Waals surface area contributed by atoms with Gasteiger partial charge in [-0.2, -0.15) is 0 Å². The molecule has 0 radical (unpaired) electrons. The molecule has 0 unspecified atom stereocenters. The number of carboxylic acid groups (broad SMARTS) is 1. The van der Waals surface area contributed by atoms with Crippen molar-refractivity contribution < 1.29 is 14.6 Å². The minimum absolute atomic E-state index is 0.112. The summed E-state index contributed by atoms with van der Waals surface area (Å²) in [6.07, 6.45) is 3.51. The second-order valence-corrected chi connectivity index (χ2v) is 9.83. The van der Waals surface area contributed by atoms with Gasteiger partial charge in [0.15, 0.2) is 4.80 Å². The van der Waals surface area contributed by atoms with E-state index in [4.69, 9.17) is 9.73 Å². The zero-order chi connectivity index (χ0) is 24.8. The number of nitrogens with zero attached hydrogens (tertiary/aromatic N) is 2. The summed E-state index contributed by atoms with van der Waals surface area (Å²) in [6, 6.07) is 22.4. The monoisotopic (exact) mass is 494 g/mol. The van der Waals surface area contributed by atoms with E-state index in [-0.39, 0.29) is 17.2 Å². The topological polar surface area (TPSA) is 80.9 Å². The molecule has 1 aliphatic carbocycles. The Labute approximate surface area is 210 Å². The van der Waals surface area contributed by atoms with Gasteiger partial charge in [0.1, 0.15) is 5.75 Å². The predicted octanol–water partition coefficient (Wildman–Crippen LogP) is 4.03. The normalized spacial score (nSPS) is 16.6. The Kier molecular flexibility index (Phi) is 5.42. The summed E-state index contributed by atoms with van der Waals surface area (Å²) >= 11 is 1.35. The molecule has 6 nitrogen and oxygen atoms in total.